The van der Waals surface area contributed by atoms with E-state index in [2.05, 4.69) is 42.1 Å². The first-order valence-corrected chi connectivity index (χ1v) is 7.85. The Morgan fingerprint density at radius 3 is 2.89 bits per heavy atom. The van der Waals surface area contributed by atoms with Gasteiger partial charge >= 0.3 is 0 Å². The number of thiophene rings is 1. The van der Waals surface area contributed by atoms with Gasteiger partial charge in [-0.1, -0.05) is 20.3 Å². The highest BCUT2D eigenvalue weighted by molar-refractivity contribution is 7.18. The molecule has 0 spiro atoms. The molecule has 19 heavy (non-hydrogen) atoms. The molecular weight excluding hydrogens is 278 g/mol. The van der Waals surface area contributed by atoms with Gasteiger partial charge in [-0.2, -0.15) is 0 Å². The van der Waals surface area contributed by atoms with Crippen LogP contribution < -0.4 is 5.32 Å². The van der Waals surface area contributed by atoms with Gasteiger partial charge in [-0.25, -0.2) is 9.97 Å². The molecule has 1 unspecified atom stereocenters. The van der Waals surface area contributed by atoms with Crippen molar-refractivity contribution in [2.24, 2.45) is 5.41 Å². The molecule has 1 fully saturated rings. The molecule has 1 aliphatic carbocycles. The van der Waals surface area contributed by atoms with Gasteiger partial charge in [0.15, 0.2) is 0 Å². The summed E-state index contributed by atoms with van der Waals surface area (Å²) in [6.45, 7) is 6.72. The number of aryl methyl sites for hydroxylation is 1. The SMILES string of the molecule is Cc1cc2c(NC3CCCC3(C)C)nc(Cl)nc2s1. The molecule has 0 bridgehead atoms. The molecule has 1 atom stereocenters. The number of rotatable bonds is 2. The van der Waals surface area contributed by atoms with Crippen LogP contribution in [0.1, 0.15) is 38.0 Å². The van der Waals surface area contributed by atoms with Crippen molar-refractivity contribution in [2.75, 3.05) is 5.32 Å². The maximum atomic E-state index is 6.03. The minimum Gasteiger partial charge on any atom is -0.366 e. The van der Waals surface area contributed by atoms with Crippen molar-refractivity contribution < 1.29 is 0 Å². The molecule has 102 valence electrons. The normalized spacial score (nSPS) is 22.0. The monoisotopic (exact) mass is 295 g/mol. The zero-order chi connectivity index (χ0) is 13.6. The van der Waals surface area contributed by atoms with Crippen molar-refractivity contribution in [1.82, 2.24) is 9.97 Å². The van der Waals surface area contributed by atoms with Crippen molar-refractivity contribution >= 4 is 39.0 Å². The van der Waals surface area contributed by atoms with Crippen LogP contribution in [0.5, 0.6) is 0 Å². The molecule has 2 aromatic heterocycles. The number of anilines is 1. The maximum Gasteiger partial charge on any atom is 0.225 e. The average molecular weight is 296 g/mol. The molecule has 0 saturated heterocycles. The standard InChI is InChI=1S/C14H18ClN3S/c1-8-7-9-11(17-13(15)18-12(9)19-8)16-10-5-4-6-14(10,2)3/h7,10H,4-6H2,1-3H3,(H,16,17,18). The van der Waals surface area contributed by atoms with Crippen molar-refractivity contribution in [3.8, 4) is 0 Å². The quantitative estimate of drug-likeness (QED) is 0.820. The van der Waals surface area contributed by atoms with Gasteiger partial charge < -0.3 is 5.32 Å². The predicted octanol–water partition coefficient (Wildman–Crippen LogP) is 4.64. The van der Waals surface area contributed by atoms with Crippen LogP contribution in [0, 0.1) is 12.3 Å². The summed E-state index contributed by atoms with van der Waals surface area (Å²) in [5, 5.41) is 5.02. The summed E-state index contributed by atoms with van der Waals surface area (Å²) in [6, 6.07) is 2.60. The molecule has 1 saturated carbocycles. The molecule has 3 nitrogen and oxygen atoms in total. The summed E-state index contributed by atoms with van der Waals surface area (Å²) in [4.78, 5) is 10.9. The first-order valence-electron chi connectivity index (χ1n) is 6.66. The molecular formula is C14H18ClN3S. The van der Waals surface area contributed by atoms with Crippen molar-refractivity contribution in [2.45, 2.75) is 46.1 Å². The van der Waals surface area contributed by atoms with Crippen LogP contribution in [0.4, 0.5) is 5.82 Å². The van der Waals surface area contributed by atoms with Crippen LogP contribution in [0.15, 0.2) is 6.07 Å². The number of hydrogen-bond donors (Lipinski definition) is 1. The van der Waals surface area contributed by atoms with Crippen LogP contribution in [0.25, 0.3) is 10.2 Å². The first-order chi connectivity index (χ1) is 8.95. The number of hydrogen-bond acceptors (Lipinski definition) is 4. The zero-order valence-corrected chi connectivity index (χ0v) is 13.0. The van der Waals surface area contributed by atoms with Crippen LogP contribution >= 0.6 is 22.9 Å². The highest BCUT2D eigenvalue weighted by Crippen LogP contribution is 2.40. The first kappa shape index (κ1) is 13.1. The Morgan fingerprint density at radius 2 is 2.21 bits per heavy atom. The summed E-state index contributed by atoms with van der Waals surface area (Å²) in [6.07, 6.45) is 3.73. The third-order valence-electron chi connectivity index (χ3n) is 4.06. The minimum absolute atomic E-state index is 0.314. The Hall–Kier alpha value is -0.870. The summed E-state index contributed by atoms with van der Waals surface area (Å²) in [7, 11) is 0. The van der Waals surface area contributed by atoms with Gasteiger partial charge in [-0.3, -0.25) is 0 Å². The van der Waals surface area contributed by atoms with Gasteiger partial charge in [-0.05, 0) is 42.8 Å². The average Bonchev–Trinajstić information content (AvgIpc) is 2.81. The Labute approximate surface area is 122 Å². The third-order valence-corrected chi connectivity index (χ3v) is 5.17. The lowest BCUT2D eigenvalue weighted by Crippen LogP contribution is -2.31. The number of nitrogens with zero attached hydrogens (tertiary/aromatic N) is 2. The Balaban J connectivity index is 2.00. The van der Waals surface area contributed by atoms with Crippen LogP contribution in [-0.4, -0.2) is 16.0 Å². The van der Waals surface area contributed by atoms with E-state index in [-0.39, 0.29) is 0 Å². The van der Waals surface area contributed by atoms with E-state index in [4.69, 9.17) is 11.6 Å². The molecule has 2 heterocycles. The fourth-order valence-electron chi connectivity index (χ4n) is 2.89. The molecule has 0 radical (unpaired) electrons. The Morgan fingerprint density at radius 1 is 1.42 bits per heavy atom. The second-order valence-electron chi connectivity index (χ2n) is 5.99. The van der Waals surface area contributed by atoms with E-state index in [1.54, 1.807) is 11.3 Å². The van der Waals surface area contributed by atoms with E-state index < -0.39 is 0 Å². The Bertz CT molecular complexity index is 620. The lowest BCUT2D eigenvalue weighted by atomic mass is 9.87. The van der Waals surface area contributed by atoms with Gasteiger partial charge in [-0.15, -0.1) is 11.3 Å². The second-order valence-corrected chi connectivity index (χ2v) is 7.57. The van der Waals surface area contributed by atoms with E-state index in [9.17, 15) is 0 Å². The molecule has 0 aromatic carbocycles. The highest BCUT2D eigenvalue weighted by atomic mass is 35.5. The van der Waals surface area contributed by atoms with E-state index in [1.165, 1.54) is 24.1 Å². The number of halogens is 1. The molecule has 0 aliphatic heterocycles. The predicted molar refractivity (Wildman–Crippen MR) is 82.2 cm³/mol. The van der Waals surface area contributed by atoms with E-state index in [0.29, 0.717) is 16.7 Å². The highest BCUT2D eigenvalue weighted by Gasteiger charge is 2.34. The fraction of sp³-hybridized carbons (Fsp3) is 0.571. The van der Waals surface area contributed by atoms with Crippen LogP contribution in [0.3, 0.4) is 0 Å². The second kappa shape index (κ2) is 4.60. The summed E-state index contributed by atoms with van der Waals surface area (Å²) in [5.41, 5.74) is 0.314. The van der Waals surface area contributed by atoms with Gasteiger partial charge in [0.25, 0.3) is 0 Å². The van der Waals surface area contributed by atoms with Crippen LogP contribution in [-0.2, 0) is 0 Å². The van der Waals surface area contributed by atoms with Crippen LogP contribution in [0.2, 0.25) is 5.28 Å². The largest absolute Gasteiger partial charge is 0.366 e. The molecule has 0 amide bonds. The molecule has 1 aliphatic rings. The maximum absolute atomic E-state index is 6.03. The molecule has 2 aromatic rings. The van der Waals surface area contributed by atoms with E-state index in [1.807, 2.05) is 0 Å². The zero-order valence-electron chi connectivity index (χ0n) is 11.5. The van der Waals surface area contributed by atoms with Gasteiger partial charge in [0.05, 0.1) is 5.39 Å². The summed E-state index contributed by atoms with van der Waals surface area (Å²) >= 11 is 7.70. The lowest BCUT2D eigenvalue weighted by Gasteiger charge is -2.28. The topological polar surface area (TPSA) is 37.8 Å². The summed E-state index contributed by atoms with van der Waals surface area (Å²) < 4.78 is 0. The van der Waals surface area contributed by atoms with Crippen molar-refractivity contribution in [3.05, 3.63) is 16.2 Å². The Kier molecular flexibility index (Phi) is 3.18. The molecule has 5 heteroatoms. The van der Waals surface area contributed by atoms with Gasteiger partial charge in [0.2, 0.25) is 5.28 Å². The number of aromatic nitrogens is 2. The van der Waals surface area contributed by atoms with Gasteiger partial charge in [0, 0.05) is 10.9 Å². The molecule has 3 rings (SSSR count). The minimum atomic E-state index is 0.314. The van der Waals surface area contributed by atoms with Crippen molar-refractivity contribution in [1.29, 1.82) is 0 Å². The number of nitrogens with one attached hydrogen (secondary N) is 1. The lowest BCUT2D eigenvalue weighted by molar-refractivity contribution is 0.349. The van der Waals surface area contributed by atoms with Crippen molar-refractivity contribution in [3.63, 3.8) is 0 Å². The van der Waals surface area contributed by atoms with E-state index in [0.717, 1.165) is 16.0 Å². The molecule has 1 N–H and O–H groups in total. The van der Waals surface area contributed by atoms with Gasteiger partial charge in [0.1, 0.15) is 10.6 Å². The smallest absolute Gasteiger partial charge is 0.225 e. The summed E-state index contributed by atoms with van der Waals surface area (Å²) in [5.74, 6) is 0.888. The number of fused-ring (bicyclic) bond motifs is 1. The fourth-order valence-corrected chi connectivity index (χ4v) is 3.98. The third kappa shape index (κ3) is 2.43. The van der Waals surface area contributed by atoms with E-state index >= 15 is 0 Å².